The topological polar surface area (TPSA) is 78.2 Å². The average molecular weight is 430 g/mol. The lowest BCUT2D eigenvalue weighted by Crippen LogP contribution is -2.38. The molecule has 1 N–H and O–H groups in total. The van der Waals surface area contributed by atoms with Gasteiger partial charge < -0.3 is 15.0 Å². The van der Waals surface area contributed by atoms with Crippen molar-refractivity contribution in [1.82, 2.24) is 4.98 Å². The first-order valence-electron chi connectivity index (χ1n) is 10.5. The van der Waals surface area contributed by atoms with E-state index in [0.717, 1.165) is 37.3 Å². The summed E-state index contributed by atoms with van der Waals surface area (Å²) in [5, 5.41) is 11.9. The Morgan fingerprint density at radius 2 is 1.94 bits per heavy atom. The van der Waals surface area contributed by atoms with Crippen LogP contribution in [0.4, 0.5) is 15.9 Å². The van der Waals surface area contributed by atoms with Crippen molar-refractivity contribution < 1.29 is 13.9 Å². The summed E-state index contributed by atoms with van der Waals surface area (Å²) in [6, 6.07) is 19.1. The van der Waals surface area contributed by atoms with Crippen LogP contribution in [-0.4, -0.2) is 24.0 Å². The van der Waals surface area contributed by atoms with E-state index in [-0.39, 0.29) is 17.6 Å². The van der Waals surface area contributed by atoms with Crippen molar-refractivity contribution in [3.63, 3.8) is 0 Å². The molecule has 1 fully saturated rings. The lowest BCUT2D eigenvalue weighted by atomic mass is 9.95. The minimum Gasteiger partial charge on any atom is -0.489 e. The fraction of sp³-hybridized carbons (Fsp3) is 0.240. The molecule has 0 bridgehead atoms. The van der Waals surface area contributed by atoms with Crippen LogP contribution in [0.1, 0.15) is 24.0 Å². The summed E-state index contributed by atoms with van der Waals surface area (Å²) in [5.41, 5.74) is 2.08. The van der Waals surface area contributed by atoms with E-state index >= 15 is 0 Å². The first-order chi connectivity index (χ1) is 15.6. The van der Waals surface area contributed by atoms with E-state index in [1.165, 1.54) is 12.1 Å². The zero-order valence-corrected chi connectivity index (χ0v) is 17.5. The molecule has 0 atom stereocenters. The first kappa shape index (κ1) is 21.3. The van der Waals surface area contributed by atoms with Crippen molar-refractivity contribution in [2.45, 2.75) is 19.4 Å². The number of hydrogen-bond acceptors (Lipinski definition) is 5. The highest BCUT2D eigenvalue weighted by Crippen LogP contribution is 2.24. The molecule has 2 heterocycles. The predicted molar refractivity (Wildman–Crippen MR) is 120 cm³/mol. The van der Waals surface area contributed by atoms with Crippen molar-refractivity contribution in [3.8, 4) is 11.8 Å². The number of pyridine rings is 1. The maximum absolute atomic E-state index is 13.0. The smallest absolute Gasteiger partial charge is 0.227 e. The van der Waals surface area contributed by atoms with Gasteiger partial charge in [-0.3, -0.25) is 4.79 Å². The third-order valence-electron chi connectivity index (χ3n) is 5.49. The number of carbonyl (C=O) groups is 1. The molecular formula is C25H23FN4O2. The van der Waals surface area contributed by atoms with Crippen LogP contribution in [0.15, 0.2) is 66.9 Å². The molecule has 2 aromatic carbocycles. The fourth-order valence-corrected chi connectivity index (χ4v) is 3.67. The van der Waals surface area contributed by atoms with Crippen molar-refractivity contribution in [3.05, 3.63) is 83.8 Å². The Morgan fingerprint density at radius 3 is 2.62 bits per heavy atom. The Kier molecular flexibility index (Phi) is 6.61. The highest BCUT2D eigenvalue weighted by Gasteiger charge is 2.25. The SMILES string of the molecule is N#Cc1ccc(N2CCC(C(=O)Nc3cccc(OCc4ccc(F)cc4)c3)CC2)nc1. The van der Waals surface area contributed by atoms with Gasteiger partial charge in [-0.05, 0) is 54.8 Å². The normalized spacial score (nSPS) is 13.9. The molecule has 0 saturated carbocycles. The monoisotopic (exact) mass is 430 g/mol. The van der Waals surface area contributed by atoms with Crippen molar-refractivity contribution in [2.24, 2.45) is 5.92 Å². The second-order valence-corrected chi connectivity index (χ2v) is 7.71. The van der Waals surface area contributed by atoms with Crippen LogP contribution >= 0.6 is 0 Å². The highest BCUT2D eigenvalue weighted by molar-refractivity contribution is 5.92. The summed E-state index contributed by atoms with van der Waals surface area (Å²) >= 11 is 0. The summed E-state index contributed by atoms with van der Waals surface area (Å²) in [6.45, 7) is 1.79. The Balaban J connectivity index is 1.29. The van der Waals surface area contributed by atoms with Gasteiger partial charge in [-0.2, -0.15) is 5.26 Å². The Hall–Kier alpha value is -3.92. The van der Waals surface area contributed by atoms with Gasteiger partial charge >= 0.3 is 0 Å². The minimum atomic E-state index is -0.280. The number of rotatable bonds is 6. The van der Waals surface area contributed by atoms with Crippen molar-refractivity contribution in [2.75, 3.05) is 23.3 Å². The minimum absolute atomic E-state index is 0.00637. The quantitative estimate of drug-likeness (QED) is 0.622. The Labute approximate surface area is 186 Å². The third-order valence-corrected chi connectivity index (χ3v) is 5.49. The van der Waals surface area contributed by atoms with Gasteiger partial charge in [-0.15, -0.1) is 0 Å². The zero-order chi connectivity index (χ0) is 22.3. The summed E-state index contributed by atoms with van der Waals surface area (Å²) in [4.78, 5) is 19.2. The number of halogens is 1. The third kappa shape index (κ3) is 5.41. The molecule has 3 aromatic rings. The molecular weight excluding hydrogens is 407 g/mol. The summed E-state index contributed by atoms with van der Waals surface area (Å²) < 4.78 is 18.8. The van der Waals surface area contributed by atoms with Crippen LogP contribution in [0, 0.1) is 23.1 Å². The van der Waals surface area contributed by atoms with Gasteiger partial charge in [0.1, 0.15) is 30.1 Å². The van der Waals surface area contributed by atoms with Crippen LogP contribution in [0.5, 0.6) is 5.75 Å². The number of piperidine rings is 1. The zero-order valence-electron chi connectivity index (χ0n) is 17.5. The fourth-order valence-electron chi connectivity index (χ4n) is 3.67. The van der Waals surface area contributed by atoms with E-state index in [0.29, 0.717) is 23.6 Å². The number of hydrogen-bond donors (Lipinski definition) is 1. The van der Waals surface area contributed by atoms with Gasteiger partial charge in [0.2, 0.25) is 5.91 Å². The van der Waals surface area contributed by atoms with Gasteiger partial charge in [-0.1, -0.05) is 18.2 Å². The van der Waals surface area contributed by atoms with Crippen LogP contribution < -0.4 is 15.0 Å². The second kappa shape index (κ2) is 9.92. The lowest BCUT2D eigenvalue weighted by Gasteiger charge is -2.32. The molecule has 162 valence electrons. The van der Waals surface area contributed by atoms with E-state index in [4.69, 9.17) is 10.00 Å². The number of nitrogens with zero attached hydrogens (tertiary/aromatic N) is 3. The molecule has 1 amide bonds. The number of ether oxygens (including phenoxy) is 1. The molecule has 1 aliphatic heterocycles. The molecule has 6 nitrogen and oxygen atoms in total. The van der Waals surface area contributed by atoms with Crippen LogP contribution in [-0.2, 0) is 11.4 Å². The Morgan fingerprint density at radius 1 is 1.16 bits per heavy atom. The van der Waals surface area contributed by atoms with E-state index in [1.807, 2.05) is 24.3 Å². The molecule has 0 radical (unpaired) electrons. The standard InChI is InChI=1S/C25H23FN4O2/c26-21-7-4-18(5-8-21)17-32-23-3-1-2-22(14-23)29-25(31)20-10-12-30(13-11-20)24-9-6-19(15-27)16-28-24/h1-9,14,16,20H,10-13,17H2,(H,29,31). The second-order valence-electron chi connectivity index (χ2n) is 7.71. The van der Waals surface area contributed by atoms with E-state index < -0.39 is 0 Å². The molecule has 0 unspecified atom stereocenters. The largest absolute Gasteiger partial charge is 0.489 e. The molecule has 0 spiro atoms. The molecule has 1 saturated heterocycles. The van der Waals surface area contributed by atoms with Crippen molar-refractivity contribution >= 4 is 17.4 Å². The van der Waals surface area contributed by atoms with Gasteiger partial charge in [-0.25, -0.2) is 9.37 Å². The summed E-state index contributed by atoms with van der Waals surface area (Å²) in [5.74, 6) is 1.10. The van der Waals surface area contributed by atoms with Crippen LogP contribution in [0.2, 0.25) is 0 Å². The maximum atomic E-state index is 13.0. The number of nitriles is 1. The number of amides is 1. The van der Waals surface area contributed by atoms with E-state index in [1.54, 1.807) is 30.5 Å². The van der Waals surface area contributed by atoms with E-state index in [9.17, 15) is 9.18 Å². The van der Waals surface area contributed by atoms with Gasteiger partial charge in [0, 0.05) is 37.0 Å². The molecule has 4 rings (SSSR count). The van der Waals surface area contributed by atoms with Crippen molar-refractivity contribution in [1.29, 1.82) is 5.26 Å². The number of benzene rings is 2. The van der Waals surface area contributed by atoms with E-state index in [2.05, 4.69) is 21.3 Å². The molecule has 0 aliphatic carbocycles. The maximum Gasteiger partial charge on any atom is 0.227 e. The predicted octanol–water partition coefficient (Wildman–Crippen LogP) is 4.53. The number of anilines is 2. The lowest BCUT2D eigenvalue weighted by molar-refractivity contribution is -0.120. The van der Waals surface area contributed by atoms with Crippen LogP contribution in [0.25, 0.3) is 0 Å². The number of aromatic nitrogens is 1. The number of carbonyl (C=O) groups excluding carboxylic acids is 1. The highest BCUT2D eigenvalue weighted by atomic mass is 19.1. The van der Waals surface area contributed by atoms with Gasteiger partial charge in [0.25, 0.3) is 0 Å². The molecule has 7 heteroatoms. The molecule has 32 heavy (non-hydrogen) atoms. The molecule has 1 aromatic heterocycles. The van der Waals surface area contributed by atoms with Gasteiger partial charge in [0.15, 0.2) is 0 Å². The van der Waals surface area contributed by atoms with Gasteiger partial charge in [0.05, 0.1) is 5.56 Å². The Bertz CT molecular complexity index is 1100. The van der Waals surface area contributed by atoms with Crippen LogP contribution in [0.3, 0.4) is 0 Å². The first-order valence-corrected chi connectivity index (χ1v) is 10.5. The summed E-state index contributed by atoms with van der Waals surface area (Å²) in [7, 11) is 0. The summed E-state index contributed by atoms with van der Waals surface area (Å²) in [6.07, 6.45) is 3.03. The average Bonchev–Trinajstić information content (AvgIpc) is 2.84. The number of nitrogens with one attached hydrogen (secondary N) is 1. The molecule has 1 aliphatic rings.